The van der Waals surface area contributed by atoms with Gasteiger partial charge in [-0.15, -0.1) is 0 Å². The van der Waals surface area contributed by atoms with E-state index in [0.29, 0.717) is 47.9 Å². The third-order valence-corrected chi connectivity index (χ3v) is 5.98. The van der Waals surface area contributed by atoms with E-state index in [0.717, 1.165) is 16.8 Å². The normalized spacial score (nSPS) is 12.9. The Hall–Kier alpha value is -4.07. The van der Waals surface area contributed by atoms with E-state index in [1.807, 2.05) is 49.0 Å². The monoisotopic (exact) mass is 444 g/mol. The molecule has 5 rings (SSSR count). The lowest BCUT2D eigenvalue weighted by Gasteiger charge is -2.26. The predicted octanol–water partition coefficient (Wildman–Crippen LogP) is 4.21. The fraction of sp³-hybridized carbons (Fsp3) is 0.240. The van der Waals surface area contributed by atoms with Gasteiger partial charge in [0.05, 0.1) is 34.6 Å². The third kappa shape index (κ3) is 3.53. The van der Waals surface area contributed by atoms with Crippen LogP contribution in [0, 0.1) is 6.92 Å². The quantitative estimate of drug-likeness (QED) is 0.493. The Bertz CT molecular complexity index is 1430. The smallest absolute Gasteiger partial charge is 0.337 e. The Morgan fingerprint density at radius 3 is 2.70 bits per heavy atom. The van der Waals surface area contributed by atoms with Crippen molar-refractivity contribution in [3.8, 4) is 0 Å². The summed E-state index contributed by atoms with van der Waals surface area (Å²) >= 11 is 0. The molecule has 8 nitrogen and oxygen atoms in total. The number of aromatic carboxylic acids is 1. The van der Waals surface area contributed by atoms with Gasteiger partial charge in [0.25, 0.3) is 0 Å². The van der Waals surface area contributed by atoms with Crippen LogP contribution in [0.4, 0.5) is 17.3 Å². The first-order chi connectivity index (χ1) is 15.9. The molecule has 8 heteroatoms. The average molecular weight is 444 g/mol. The van der Waals surface area contributed by atoms with Gasteiger partial charge in [0.15, 0.2) is 11.0 Å². The molecule has 0 aliphatic carbocycles. The number of carbonyl (C=O) groups is 1. The molecule has 3 heterocycles. The van der Waals surface area contributed by atoms with Crippen molar-refractivity contribution in [2.75, 3.05) is 16.3 Å². The van der Waals surface area contributed by atoms with Gasteiger partial charge >= 0.3 is 5.97 Å². The van der Waals surface area contributed by atoms with Gasteiger partial charge in [-0.05, 0) is 43.7 Å². The summed E-state index contributed by atoms with van der Waals surface area (Å²) in [6.45, 7) is 5.52. The van der Waals surface area contributed by atoms with Crippen molar-refractivity contribution >= 4 is 34.2 Å². The summed E-state index contributed by atoms with van der Waals surface area (Å²) in [4.78, 5) is 28.9. The molecule has 2 aromatic heterocycles. The molecule has 0 saturated carbocycles. The standard InChI is InChI=1S/C25H24N4O4/c1-4-29(20-8-6-5-7-17(20)25(31)32)21-10-15(2)9-18-22(30)11-23(33-24(18)21)28-13-16-12-27(3)26-19(16)14-28/h5-12H,4,13-14H2,1-3H3,(H,31,32). The molecule has 0 bridgehead atoms. The van der Waals surface area contributed by atoms with Crippen LogP contribution >= 0.6 is 0 Å². The number of aromatic nitrogens is 2. The highest BCUT2D eigenvalue weighted by molar-refractivity contribution is 5.99. The van der Waals surface area contributed by atoms with E-state index < -0.39 is 5.97 Å². The number of benzene rings is 2. The average Bonchev–Trinajstić information content (AvgIpc) is 3.32. The number of hydrogen-bond donors (Lipinski definition) is 1. The first kappa shape index (κ1) is 20.8. The SMILES string of the molecule is CCN(c1ccccc1C(=O)O)c1cc(C)cc2c(=O)cc(N3Cc4cn(C)nc4C3)oc12. The van der Waals surface area contributed by atoms with Crippen molar-refractivity contribution in [2.45, 2.75) is 26.9 Å². The van der Waals surface area contributed by atoms with E-state index in [1.165, 1.54) is 6.07 Å². The summed E-state index contributed by atoms with van der Waals surface area (Å²) in [7, 11) is 1.89. The Balaban J connectivity index is 1.67. The van der Waals surface area contributed by atoms with Crippen LogP contribution in [-0.2, 0) is 20.1 Å². The lowest BCUT2D eigenvalue weighted by atomic mass is 10.1. The number of para-hydroxylation sites is 1. The first-order valence-corrected chi connectivity index (χ1v) is 10.8. The highest BCUT2D eigenvalue weighted by Gasteiger charge is 2.26. The highest BCUT2D eigenvalue weighted by Crippen LogP contribution is 2.37. The lowest BCUT2D eigenvalue weighted by molar-refractivity contribution is 0.0697. The maximum Gasteiger partial charge on any atom is 0.337 e. The van der Waals surface area contributed by atoms with Crippen LogP contribution in [0.5, 0.6) is 0 Å². The molecule has 0 spiro atoms. The number of rotatable bonds is 5. The Morgan fingerprint density at radius 1 is 1.18 bits per heavy atom. The number of anilines is 3. The van der Waals surface area contributed by atoms with Crippen LogP contribution in [0.3, 0.4) is 0 Å². The molecule has 1 aliphatic rings. The minimum Gasteiger partial charge on any atom is -0.478 e. The number of fused-ring (bicyclic) bond motifs is 2. The van der Waals surface area contributed by atoms with E-state index in [-0.39, 0.29) is 11.0 Å². The number of hydrogen-bond acceptors (Lipinski definition) is 6. The molecule has 0 amide bonds. The van der Waals surface area contributed by atoms with Gasteiger partial charge in [-0.3, -0.25) is 9.48 Å². The van der Waals surface area contributed by atoms with Gasteiger partial charge in [0.2, 0.25) is 5.88 Å². The zero-order valence-corrected chi connectivity index (χ0v) is 18.7. The van der Waals surface area contributed by atoms with Crippen LogP contribution in [0.1, 0.15) is 34.1 Å². The van der Waals surface area contributed by atoms with Crippen molar-refractivity contribution in [1.29, 1.82) is 0 Å². The van der Waals surface area contributed by atoms with Crippen molar-refractivity contribution in [1.82, 2.24) is 9.78 Å². The second kappa shape index (κ2) is 7.81. The Labute approximate surface area is 190 Å². The molecule has 0 atom stereocenters. The van der Waals surface area contributed by atoms with Crippen molar-refractivity contribution < 1.29 is 14.3 Å². The fourth-order valence-corrected chi connectivity index (χ4v) is 4.53. The van der Waals surface area contributed by atoms with E-state index in [4.69, 9.17) is 4.42 Å². The molecule has 4 aromatic rings. The van der Waals surface area contributed by atoms with Crippen LogP contribution in [-0.4, -0.2) is 27.4 Å². The molecule has 0 unspecified atom stereocenters. The number of carboxylic acids is 1. The minimum absolute atomic E-state index is 0.135. The zero-order chi connectivity index (χ0) is 23.3. The topological polar surface area (TPSA) is 91.8 Å². The molecule has 0 fully saturated rings. The van der Waals surface area contributed by atoms with Crippen molar-refractivity contribution in [3.63, 3.8) is 0 Å². The van der Waals surface area contributed by atoms with Crippen molar-refractivity contribution in [2.24, 2.45) is 7.05 Å². The second-order valence-corrected chi connectivity index (χ2v) is 8.31. The molecular formula is C25H24N4O4. The van der Waals surface area contributed by atoms with E-state index in [2.05, 4.69) is 5.10 Å². The number of carboxylic acid groups (broad SMARTS) is 1. The van der Waals surface area contributed by atoms with Crippen LogP contribution < -0.4 is 15.2 Å². The van der Waals surface area contributed by atoms with Gasteiger partial charge in [-0.25, -0.2) is 4.79 Å². The summed E-state index contributed by atoms with van der Waals surface area (Å²) in [6.07, 6.45) is 1.98. The molecule has 2 aromatic carbocycles. The Morgan fingerprint density at radius 2 is 1.97 bits per heavy atom. The number of aryl methyl sites for hydroxylation is 2. The molecule has 168 valence electrons. The molecule has 0 radical (unpaired) electrons. The molecule has 0 saturated heterocycles. The number of nitrogens with zero attached hydrogens (tertiary/aromatic N) is 4. The first-order valence-electron chi connectivity index (χ1n) is 10.8. The molecular weight excluding hydrogens is 420 g/mol. The maximum absolute atomic E-state index is 13.1. The molecule has 1 N–H and O–H groups in total. The lowest BCUT2D eigenvalue weighted by Crippen LogP contribution is -2.21. The molecule has 33 heavy (non-hydrogen) atoms. The van der Waals surface area contributed by atoms with E-state index in [1.54, 1.807) is 28.9 Å². The van der Waals surface area contributed by atoms with Gasteiger partial charge in [0.1, 0.15) is 0 Å². The van der Waals surface area contributed by atoms with E-state index in [9.17, 15) is 14.7 Å². The highest BCUT2D eigenvalue weighted by atomic mass is 16.4. The van der Waals surface area contributed by atoms with Gasteiger partial charge < -0.3 is 19.3 Å². The van der Waals surface area contributed by atoms with Gasteiger partial charge in [-0.2, -0.15) is 5.10 Å². The minimum atomic E-state index is -1.01. The Kier molecular flexibility index (Phi) is 4.92. The van der Waals surface area contributed by atoms with Gasteiger partial charge in [0, 0.05) is 38.0 Å². The summed E-state index contributed by atoms with van der Waals surface area (Å²) in [5.74, 6) is -0.536. The summed E-state index contributed by atoms with van der Waals surface area (Å²) in [6, 6.07) is 12.1. The van der Waals surface area contributed by atoms with Crippen LogP contribution in [0.25, 0.3) is 11.0 Å². The van der Waals surface area contributed by atoms with E-state index >= 15 is 0 Å². The van der Waals surface area contributed by atoms with Crippen LogP contribution in [0.15, 0.2) is 57.9 Å². The third-order valence-electron chi connectivity index (χ3n) is 5.98. The molecule has 1 aliphatic heterocycles. The fourth-order valence-electron chi connectivity index (χ4n) is 4.53. The summed E-state index contributed by atoms with van der Waals surface area (Å²) in [5.41, 5.74) is 4.67. The zero-order valence-electron chi connectivity index (χ0n) is 18.7. The van der Waals surface area contributed by atoms with Gasteiger partial charge in [-0.1, -0.05) is 12.1 Å². The largest absolute Gasteiger partial charge is 0.478 e. The van der Waals surface area contributed by atoms with Crippen LogP contribution in [0.2, 0.25) is 0 Å². The maximum atomic E-state index is 13.1. The van der Waals surface area contributed by atoms with Crippen molar-refractivity contribution in [3.05, 3.63) is 81.3 Å². The summed E-state index contributed by atoms with van der Waals surface area (Å²) < 4.78 is 8.14. The second-order valence-electron chi connectivity index (χ2n) is 8.31. The predicted molar refractivity (Wildman–Crippen MR) is 126 cm³/mol. The summed E-state index contributed by atoms with van der Waals surface area (Å²) in [5, 5.41) is 14.7.